The topological polar surface area (TPSA) is 62.3 Å². The average Bonchev–Trinajstić information content (AvgIpc) is 2.48. The van der Waals surface area contributed by atoms with Gasteiger partial charge in [-0.25, -0.2) is 12.7 Å². The Kier molecular flexibility index (Phi) is 5.06. The van der Waals surface area contributed by atoms with Gasteiger partial charge in [-0.05, 0) is 23.3 Å². The number of hydrogen-bond donors (Lipinski definition) is 1. The Labute approximate surface area is 125 Å². The van der Waals surface area contributed by atoms with E-state index in [4.69, 9.17) is 0 Å². The van der Waals surface area contributed by atoms with Crippen molar-refractivity contribution < 1.29 is 8.42 Å². The molecule has 1 aromatic heterocycles. The van der Waals surface area contributed by atoms with Crippen LogP contribution in [0.1, 0.15) is 11.1 Å². The van der Waals surface area contributed by atoms with E-state index in [0.717, 1.165) is 11.1 Å². The Bertz CT molecular complexity index is 685. The van der Waals surface area contributed by atoms with Crippen LogP contribution in [0.2, 0.25) is 0 Å². The smallest absolute Gasteiger partial charge is 0.242 e. The van der Waals surface area contributed by atoms with Crippen molar-refractivity contribution in [1.29, 1.82) is 0 Å². The normalized spacial score (nSPS) is 11.8. The fourth-order valence-electron chi connectivity index (χ4n) is 1.94. The molecule has 0 amide bonds. The summed E-state index contributed by atoms with van der Waals surface area (Å²) in [7, 11) is -0.348. The van der Waals surface area contributed by atoms with Gasteiger partial charge in [-0.3, -0.25) is 4.98 Å². The molecule has 2 rings (SSSR count). The van der Waals surface area contributed by atoms with Crippen molar-refractivity contribution in [2.75, 3.05) is 14.1 Å². The Morgan fingerprint density at radius 3 is 2.52 bits per heavy atom. The van der Waals surface area contributed by atoms with Gasteiger partial charge in [-0.15, -0.1) is 0 Å². The molecule has 0 atom stereocenters. The highest BCUT2D eigenvalue weighted by Crippen LogP contribution is 2.18. The van der Waals surface area contributed by atoms with Crippen molar-refractivity contribution >= 4 is 10.0 Å². The summed E-state index contributed by atoms with van der Waals surface area (Å²) < 4.78 is 25.8. The Morgan fingerprint density at radius 1 is 1.10 bits per heavy atom. The quantitative estimate of drug-likeness (QED) is 0.881. The largest absolute Gasteiger partial charge is 0.309 e. The summed E-state index contributed by atoms with van der Waals surface area (Å²) in [5.74, 6) is 0. The number of nitrogens with one attached hydrogen (secondary N) is 1. The molecular formula is C15H19N3O2S. The van der Waals surface area contributed by atoms with Crippen LogP contribution in [0, 0.1) is 0 Å². The molecule has 0 bridgehead atoms. The summed E-state index contributed by atoms with van der Waals surface area (Å²) in [6.45, 7) is 1.13. The van der Waals surface area contributed by atoms with E-state index in [1.54, 1.807) is 24.5 Å². The van der Waals surface area contributed by atoms with Crippen molar-refractivity contribution in [3.8, 4) is 0 Å². The van der Waals surface area contributed by atoms with Gasteiger partial charge in [0.2, 0.25) is 10.0 Å². The summed E-state index contributed by atoms with van der Waals surface area (Å²) in [5, 5.41) is 3.25. The molecular weight excluding hydrogens is 286 g/mol. The lowest BCUT2D eigenvalue weighted by molar-refractivity contribution is 0.518. The molecule has 6 heteroatoms. The first-order chi connectivity index (χ1) is 10.0. The molecule has 0 aliphatic carbocycles. The van der Waals surface area contributed by atoms with Crippen molar-refractivity contribution in [3.63, 3.8) is 0 Å². The van der Waals surface area contributed by atoms with Gasteiger partial charge in [0.05, 0.1) is 4.90 Å². The molecule has 112 valence electrons. The summed E-state index contributed by atoms with van der Waals surface area (Å²) in [4.78, 5) is 4.39. The summed E-state index contributed by atoms with van der Waals surface area (Å²) in [6.07, 6.45) is 3.51. The Morgan fingerprint density at radius 2 is 1.86 bits per heavy atom. The molecule has 1 N–H and O–H groups in total. The van der Waals surface area contributed by atoms with E-state index in [9.17, 15) is 8.42 Å². The van der Waals surface area contributed by atoms with Crippen LogP contribution in [0.25, 0.3) is 0 Å². The zero-order valence-corrected chi connectivity index (χ0v) is 13.0. The second kappa shape index (κ2) is 6.80. The van der Waals surface area contributed by atoms with Gasteiger partial charge in [-0.2, -0.15) is 0 Å². The number of pyridine rings is 1. The lowest BCUT2D eigenvalue weighted by Crippen LogP contribution is -2.24. The summed E-state index contributed by atoms with van der Waals surface area (Å²) >= 11 is 0. The molecule has 0 saturated carbocycles. The van der Waals surface area contributed by atoms with Crippen molar-refractivity contribution in [2.24, 2.45) is 0 Å². The van der Waals surface area contributed by atoms with E-state index in [-0.39, 0.29) is 0 Å². The van der Waals surface area contributed by atoms with Gasteiger partial charge in [0, 0.05) is 39.6 Å². The van der Waals surface area contributed by atoms with E-state index >= 15 is 0 Å². The minimum absolute atomic E-state index is 0.341. The molecule has 0 radical (unpaired) electrons. The highest BCUT2D eigenvalue weighted by Gasteiger charge is 2.20. The SMILES string of the molecule is CN(C)S(=O)(=O)c1ccccc1CNCc1cccnc1. The maximum atomic E-state index is 12.3. The molecule has 0 aliphatic rings. The number of sulfonamides is 1. The lowest BCUT2D eigenvalue weighted by atomic mass is 10.2. The maximum absolute atomic E-state index is 12.3. The summed E-state index contributed by atoms with van der Waals surface area (Å²) in [5.41, 5.74) is 1.82. The van der Waals surface area contributed by atoms with Crippen LogP contribution < -0.4 is 5.32 Å². The molecule has 0 saturated heterocycles. The van der Waals surface area contributed by atoms with E-state index in [1.165, 1.54) is 18.4 Å². The van der Waals surface area contributed by atoms with Crippen LogP contribution >= 0.6 is 0 Å². The predicted octanol–water partition coefficient (Wildman–Crippen LogP) is 1.62. The van der Waals surface area contributed by atoms with Crippen LogP contribution in [-0.4, -0.2) is 31.8 Å². The molecule has 5 nitrogen and oxygen atoms in total. The Hall–Kier alpha value is -1.76. The monoisotopic (exact) mass is 305 g/mol. The van der Waals surface area contributed by atoms with Crippen molar-refractivity contribution in [2.45, 2.75) is 18.0 Å². The molecule has 0 spiro atoms. The second-order valence-corrected chi connectivity index (χ2v) is 6.98. The average molecular weight is 305 g/mol. The number of rotatable bonds is 6. The van der Waals surface area contributed by atoms with Crippen LogP contribution in [0.5, 0.6) is 0 Å². The third-order valence-electron chi connectivity index (χ3n) is 3.10. The number of benzene rings is 1. The maximum Gasteiger partial charge on any atom is 0.242 e. The number of aromatic nitrogens is 1. The van der Waals surface area contributed by atoms with Gasteiger partial charge in [-0.1, -0.05) is 24.3 Å². The standard InChI is InChI=1S/C15H19N3O2S/c1-18(2)21(19,20)15-8-4-3-7-14(15)12-17-11-13-6-5-9-16-10-13/h3-10,17H,11-12H2,1-2H3. The lowest BCUT2D eigenvalue weighted by Gasteiger charge is -2.15. The molecule has 1 aromatic carbocycles. The van der Waals surface area contributed by atoms with E-state index < -0.39 is 10.0 Å². The predicted molar refractivity (Wildman–Crippen MR) is 82.1 cm³/mol. The minimum Gasteiger partial charge on any atom is -0.309 e. The van der Waals surface area contributed by atoms with E-state index in [0.29, 0.717) is 18.0 Å². The minimum atomic E-state index is -3.42. The zero-order valence-electron chi connectivity index (χ0n) is 12.2. The molecule has 0 unspecified atom stereocenters. The first-order valence-electron chi connectivity index (χ1n) is 6.62. The van der Waals surface area contributed by atoms with E-state index in [2.05, 4.69) is 10.3 Å². The molecule has 2 aromatic rings. The third kappa shape index (κ3) is 3.87. The first-order valence-corrected chi connectivity index (χ1v) is 8.06. The highest BCUT2D eigenvalue weighted by atomic mass is 32.2. The van der Waals surface area contributed by atoms with Gasteiger partial charge in [0.25, 0.3) is 0 Å². The van der Waals surface area contributed by atoms with Crippen molar-refractivity contribution in [1.82, 2.24) is 14.6 Å². The third-order valence-corrected chi connectivity index (χ3v) is 5.01. The molecule has 21 heavy (non-hydrogen) atoms. The highest BCUT2D eigenvalue weighted by molar-refractivity contribution is 7.89. The van der Waals surface area contributed by atoms with Gasteiger partial charge in [0.15, 0.2) is 0 Å². The van der Waals surface area contributed by atoms with Gasteiger partial charge in [0.1, 0.15) is 0 Å². The van der Waals surface area contributed by atoms with Crippen LogP contribution in [0.15, 0.2) is 53.7 Å². The summed E-state index contributed by atoms with van der Waals surface area (Å²) in [6, 6.07) is 10.9. The van der Waals surface area contributed by atoms with Gasteiger partial charge >= 0.3 is 0 Å². The number of nitrogens with zero attached hydrogens (tertiary/aromatic N) is 2. The second-order valence-electron chi connectivity index (χ2n) is 4.86. The molecule has 1 heterocycles. The Balaban J connectivity index is 2.11. The number of hydrogen-bond acceptors (Lipinski definition) is 4. The molecule has 0 aliphatic heterocycles. The molecule has 0 fully saturated rings. The first kappa shape index (κ1) is 15.6. The van der Waals surface area contributed by atoms with Crippen LogP contribution in [0.3, 0.4) is 0 Å². The van der Waals surface area contributed by atoms with Gasteiger partial charge < -0.3 is 5.32 Å². The van der Waals surface area contributed by atoms with Crippen molar-refractivity contribution in [3.05, 3.63) is 59.9 Å². The van der Waals surface area contributed by atoms with E-state index in [1.807, 2.05) is 24.3 Å². The van der Waals surface area contributed by atoms with Crippen LogP contribution in [-0.2, 0) is 23.1 Å². The fourth-order valence-corrected chi connectivity index (χ4v) is 3.06. The zero-order chi connectivity index (χ0) is 15.3. The fraction of sp³-hybridized carbons (Fsp3) is 0.267. The van der Waals surface area contributed by atoms with Crippen LogP contribution in [0.4, 0.5) is 0 Å².